The van der Waals surface area contributed by atoms with Crippen LogP contribution in [-0.2, 0) is 13.1 Å². The summed E-state index contributed by atoms with van der Waals surface area (Å²) in [5, 5.41) is 6.74. The zero-order valence-corrected chi connectivity index (χ0v) is 21.0. The first kappa shape index (κ1) is 26.0. The molecule has 7 heteroatoms. The van der Waals surface area contributed by atoms with Crippen molar-refractivity contribution in [2.24, 2.45) is 4.99 Å². The van der Waals surface area contributed by atoms with Crippen molar-refractivity contribution in [2.75, 3.05) is 34.9 Å². The normalized spacial score (nSPS) is 12.1. The minimum Gasteiger partial charge on any atom is -0.493 e. The van der Waals surface area contributed by atoms with Gasteiger partial charge in [-0.25, -0.2) is 0 Å². The lowest BCUT2D eigenvalue weighted by Gasteiger charge is -2.25. The van der Waals surface area contributed by atoms with E-state index in [2.05, 4.69) is 64.8 Å². The van der Waals surface area contributed by atoms with E-state index in [0.29, 0.717) is 12.6 Å². The number of nitrogens with zero attached hydrogens (tertiary/aromatic N) is 2. The number of hydrogen-bond donors (Lipinski definition) is 2. The topological polar surface area (TPSA) is 58.1 Å². The highest BCUT2D eigenvalue weighted by molar-refractivity contribution is 14.0. The fourth-order valence-electron chi connectivity index (χ4n) is 3.04. The Morgan fingerprint density at radius 3 is 2.33 bits per heavy atom. The van der Waals surface area contributed by atoms with Crippen LogP contribution in [0.3, 0.4) is 0 Å². The van der Waals surface area contributed by atoms with Crippen LogP contribution < -0.4 is 20.1 Å². The zero-order chi connectivity index (χ0) is 21.1. The number of benzene rings is 2. The van der Waals surface area contributed by atoms with E-state index < -0.39 is 0 Å². The van der Waals surface area contributed by atoms with Gasteiger partial charge in [-0.05, 0) is 43.7 Å². The lowest BCUT2D eigenvalue weighted by atomic mass is 10.1. The molecule has 30 heavy (non-hydrogen) atoms. The summed E-state index contributed by atoms with van der Waals surface area (Å²) in [7, 11) is 7.24. The predicted molar refractivity (Wildman–Crippen MR) is 135 cm³/mol. The Hall–Kier alpha value is -2.00. The van der Waals surface area contributed by atoms with Crippen molar-refractivity contribution < 1.29 is 9.47 Å². The summed E-state index contributed by atoms with van der Waals surface area (Å²) in [6, 6.07) is 16.9. The number of ether oxygens (including phenoxy) is 2. The van der Waals surface area contributed by atoms with Gasteiger partial charge in [0.15, 0.2) is 17.5 Å². The Kier molecular flexibility index (Phi) is 12.2. The smallest absolute Gasteiger partial charge is 0.191 e. The molecule has 6 nitrogen and oxygen atoms in total. The molecule has 0 aromatic heterocycles. The van der Waals surface area contributed by atoms with Crippen LogP contribution in [0.1, 0.15) is 24.5 Å². The van der Waals surface area contributed by atoms with Crippen molar-refractivity contribution in [3.63, 3.8) is 0 Å². The van der Waals surface area contributed by atoms with Crippen LogP contribution in [0.5, 0.6) is 11.5 Å². The lowest BCUT2D eigenvalue weighted by molar-refractivity contribution is 0.238. The van der Waals surface area contributed by atoms with Gasteiger partial charge >= 0.3 is 0 Å². The van der Waals surface area contributed by atoms with E-state index in [1.165, 1.54) is 5.56 Å². The Morgan fingerprint density at radius 1 is 1.00 bits per heavy atom. The van der Waals surface area contributed by atoms with Gasteiger partial charge in [0, 0.05) is 32.7 Å². The van der Waals surface area contributed by atoms with Gasteiger partial charge in [-0.1, -0.05) is 36.4 Å². The molecule has 0 spiro atoms. The van der Waals surface area contributed by atoms with Gasteiger partial charge in [-0.2, -0.15) is 0 Å². The fraction of sp³-hybridized carbons (Fsp3) is 0.435. The molecule has 0 heterocycles. The highest BCUT2D eigenvalue weighted by atomic mass is 127. The maximum absolute atomic E-state index is 5.36. The number of nitrogens with one attached hydrogen (secondary N) is 2. The van der Waals surface area contributed by atoms with Gasteiger partial charge < -0.3 is 20.1 Å². The van der Waals surface area contributed by atoms with Crippen LogP contribution in [0.15, 0.2) is 53.5 Å². The standard InChI is InChI=1S/C23H34N4O2.HI/c1-18(27(3)17-19-9-7-6-8-10-19)13-14-25-23(24-2)26-16-20-11-12-21(28-4)22(15-20)29-5;/h6-12,15,18H,13-14,16-17H2,1-5H3,(H2,24,25,26);1H. The first-order valence-electron chi connectivity index (χ1n) is 9.97. The summed E-state index contributed by atoms with van der Waals surface area (Å²) < 4.78 is 10.6. The third-order valence-electron chi connectivity index (χ3n) is 5.01. The van der Waals surface area contributed by atoms with Crippen LogP contribution >= 0.6 is 24.0 Å². The van der Waals surface area contributed by atoms with Gasteiger partial charge in [0.1, 0.15) is 0 Å². The Bertz CT molecular complexity index is 771. The van der Waals surface area contributed by atoms with Crippen LogP contribution in [0, 0.1) is 0 Å². The second-order valence-electron chi connectivity index (χ2n) is 7.08. The van der Waals surface area contributed by atoms with Gasteiger partial charge in [0.05, 0.1) is 14.2 Å². The largest absolute Gasteiger partial charge is 0.493 e. The molecule has 0 radical (unpaired) electrons. The Balaban J connectivity index is 0.00000450. The number of hydrogen-bond acceptors (Lipinski definition) is 4. The molecule has 2 aromatic carbocycles. The number of halogens is 1. The second-order valence-corrected chi connectivity index (χ2v) is 7.08. The minimum atomic E-state index is 0. The molecule has 0 bridgehead atoms. The molecule has 0 saturated heterocycles. The average Bonchev–Trinajstić information content (AvgIpc) is 2.76. The third kappa shape index (κ3) is 8.39. The molecule has 1 unspecified atom stereocenters. The molecule has 0 aliphatic rings. The molecule has 2 rings (SSSR count). The molecule has 0 saturated carbocycles. The molecule has 2 N–H and O–H groups in total. The average molecular weight is 526 g/mol. The van der Waals surface area contributed by atoms with Gasteiger partial charge in [-0.15, -0.1) is 24.0 Å². The third-order valence-corrected chi connectivity index (χ3v) is 5.01. The molecule has 1 atom stereocenters. The maximum atomic E-state index is 5.36. The van der Waals surface area contributed by atoms with Crippen molar-refractivity contribution in [3.8, 4) is 11.5 Å². The number of rotatable bonds is 10. The van der Waals surface area contributed by atoms with Crippen molar-refractivity contribution in [1.82, 2.24) is 15.5 Å². The van der Waals surface area contributed by atoms with Crippen LogP contribution in [0.2, 0.25) is 0 Å². The molecular formula is C23H35IN4O2. The summed E-state index contributed by atoms with van der Waals surface area (Å²) in [6.07, 6.45) is 1.03. The Morgan fingerprint density at radius 2 is 1.70 bits per heavy atom. The summed E-state index contributed by atoms with van der Waals surface area (Å²) in [5.41, 5.74) is 2.43. The molecular weight excluding hydrogens is 491 g/mol. The first-order valence-corrected chi connectivity index (χ1v) is 9.97. The highest BCUT2D eigenvalue weighted by Crippen LogP contribution is 2.27. The monoisotopic (exact) mass is 526 g/mol. The first-order chi connectivity index (χ1) is 14.1. The van der Waals surface area contributed by atoms with Crippen LogP contribution in [0.4, 0.5) is 0 Å². The number of guanidine groups is 1. The molecule has 0 aliphatic carbocycles. The molecule has 0 fully saturated rings. The second kappa shape index (κ2) is 14.1. The maximum Gasteiger partial charge on any atom is 0.191 e. The van der Waals surface area contributed by atoms with E-state index in [1.807, 2.05) is 18.2 Å². The van der Waals surface area contributed by atoms with Crippen LogP contribution in [-0.4, -0.2) is 51.8 Å². The van der Waals surface area contributed by atoms with Crippen LogP contribution in [0.25, 0.3) is 0 Å². The molecule has 166 valence electrons. The van der Waals surface area contributed by atoms with E-state index >= 15 is 0 Å². The van der Waals surface area contributed by atoms with E-state index in [4.69, 9.17) is 9.47 Å². The fourth-order valence-corrected chi connectivity index (χ4v) is 3.04. The summed E-state index contributed by atoms with van der Waals surface area (Å²) in [6.45, 7) is 4.72. The van der Waals surface area contributed by atoms with Crippen molar-refractivity contribution >= 4 is 29.9 Å². The number of aliphatic imine (C=N–C) groups is 1. The quantitative estimate of drug-likeness (QED) is 0.280. The number of methoxy groups -OCH3 is 2. The Labute approximate surface area is 198 Å². The van der Waals surface area contributed by atoms with Crippen molar-refractivity contribution in [2.45, 2.75) is 32.5 Å². The van der Waals surface area contributed by atoms with Crippen molar-refractivity contribution in [3.05, 3.63) is 59.7 Å². The minimum absolute atomic E-state index is 0. The van der Waals surface area contributed by atoms with E-state index in [0.717, 1.165) is 42.5 Å². The van der Waals surface area contributed by atoms with E-state index in [1.54, 1.807) is 21.3 Å². The molecule has 0 aliphatic heterocycles. The van der Waals surface area contributed by atoms with Crippen molar-refractivity contribution in [1.29, 1.82) is 0 Å². The zero-order valence-electron chi connectivity index (χ0n) is 18.6. The molecule has 2 aromatic rings. The van der Waals surface area contributed by atoms with Gasteiger partial charge in [0.2, 0.25) is 0 Å². The van der Waals surface area contributed by atoms with Gasteiger partial charge in [-0.3, -0.25) is 9.89 Å². The lowest BCUT2D eigenvalue weighted by Crippen LogP contribution is -2.39. The summed E-state index contributed by atoms with van der Waals surface area (Å²) in [4.78, 5) is 6.69. The molecule has 0 amide bonds. The summed E-state index contributed by atoms with van der Waals surface area (Å²) >= 11 is 0. The van der Waals surface area contributed by atoms with E-state index in [-0.39, 0.29) is 24.0 Å². The highest BCUT2D eigenvalue weighted by Gasteiger charge is 2.10. The summed E-state index contributed by atoms with van der Waals surface area (Å²) in [5.74, 6) is 2.25. The van der Waals surface area contributed by atoms with E-state index in [9.17, 15) is 0 Å². The SMILES string of the molecule is CN=C(NCCC(C)N(C)Cc1ccccc1)NCc1ccc(OC)c(OC)c1.I. The van der Waals surface area contributed by atoms with Gasteiger partial charge in [0.25, 0.3) is 0 Å². The predicted octanol–water partition coefficient (Wildman–Crippen LogP) is 3.90.